The van der Waals surface area contributed by atoms with Gasteiger partial charge in [0.25, 0.3) is 0 Å². The number of rotatable bonds is 7. The van der Waals surface area contributed by atoms with Gasteiger partial charge in [0.1, 0.15) is 0 Å². The number of nitrogens with zero attached hydrogens (tertiary/aromatic N) is 1. The first kappa shape index (κ1) is 15.0. The highest BCUT2D eigenvalue weighted by Gasteiger charge is 2.32. The molecule has 2 nitrogen and oxygen atoms in total. The average Bonchev–Trinajstić information content (AvgIpc) is 2.36. The molecule has 0 spiro atoms. The van der Waals surface area contributed by atoms with E-state index in [9.17, 15) is 0 Å². The van der Waals surface area contributed by atoms with Crippen molar-refractivity contribution in [3.63, 3.8) is 0 Å². The van der Waals surface area contributed by atoms with Crippen LogP contribution in [-0.2, 0) is 0 Å². The van der Waals surface area contributed by atoms with E-state index in [1.807, 2.05) is 0 Å². The van der Waals surface area contributed by atoms with Crippen LogP contribution in [0.1, 0.15) is 59.3 Å². The predicted molar refractivity (Wildman–Crippen MR) is 76.4 cm³/mol. The van der Waals surface area contributed by atoms with Gasteiger partial charge in [-0.05, 0) is 51.7 Å². The average molecular weight is 240 g/mol. The maximum atomic E-state index is 3.55. The molecule has 0 aliphatic heterocycles. The fourth-order valence-electron chi connectivity index (χ4n) is 3.49. The monoisotopic (exact) mass is 240 g/mol. The summed E-state index contributed by atoms with van der Waals surface area (Å²) in [5, 5.41) is 3.55. The van der Waals surface area contributed by atoms with Gasteiger partial charge in [0.15, 0.2) is 0 Å². The van der Waals surface area contributed by atoms with E-state index in [4.69, 9.17) is 0 Å². The lowest BCUT2D eigenvalue weighted by Crippen LogP contribution is -2.52. The quantitative estimate of drug-likeness (QED) is 0.735. The predicted octanol–water partition coefficient (Wildman–Crippen LogP) is 3.28. The van der Waals surface area contributed by atoms with E-state index in [0.717, 1.165) is 18.0 Å². The van der Waals surface area contributed by atoms with E-state index in [1.165, 1.54) is 51.6 Å². The molecule has 102 valence electrons. The van der Waals surface area contributed by atoms with Gasteiger partial charge < -0.3 is 5.32 Å². The SMILES string of the molecule is CCCC1CCC(NC)C(N(CC)CCC)C1. The van der Waals surface area contributed by atoms with Crippen LogP contribution in [0.25, 0.3) is 0 Å². The van der Waals surface area contributed by atoms with E-state index in [1.54, 1.807) is 0 Å². The summed E-state index contributed by atoms with van der Waals surface area (Å²) in [5.74, 6) is 0.973. The first-order valence-corrected chi connectivity index (χ1v) is 7.68. The second-order valence-electron chi connectivity index (χ2n) is 5.56. The maximum Gasteiger partial charge on any atom is 0.0251 e. The third-order valence-electron chi connectivity index (χ3n) is 4.38. The van der Waals surface area contributed by atoms with Gasteiger partial charge in [-0.25, -0.2) is 0 Å². The lowest BCUT2D eigenvalue weighted by molar-refractivity contribution is 0.101. The Balaban J connectivity index is 2.60. The Kier molecular flexibility index (Phi) is 7.14. The molecule has 0 bridgehead atoms. The van der Waals surface area contributed by atoms with Gasteiger partial charge in [0.05, 0.1) is 0 Å². The Labute approximate surface area is 108 Å². The van der Waals surface area contributed by atoms with Crippen molar-refractivity contribution in [3.8, 4) is 0 Å². The molecule has 0 saturated heterocycles. The van der Waals surface area contributed by atoms with E-state index in [0.29, 0.717) is 0 Å². The van der Waals surface area contributed by atoms with E-state index in [2.05, 4.69) is 38.0 Å². The van der Waals surface area contributed by atoms with Crippen LogP contribution in [0.15, 0.2) is 0 Å². The number of hydrogen-bond acceptors (Lipinski definition) is 2. The lowest BCUT2D eigenvalue weighted by atomic mass is 9.79. The van der Waals surface area contributed by atoms with Crippen molar-refractivity contribution in [2.45, 2.75) is 71.4 Å². The normalized spacial score (nSPS) is 29.8. The summed E-state index contributed by atoms with van der Waals surface area (Å²) in [4.78, 5) is 2.70. The van der Waals surface area contributed by atoms with Gasteiger partial charge >= 0.3 is 0 Å². The smallest absolute Gasteiger partial charge is 0.0251 e. The Morgan fingerprint density at radius 1 is 1.12 bits per heavy atom. The molecule has 1 rings (SSSR count). The minimum absolute atomic E-state index is 0.717. The molecule has 1 aliphatic carbocycles. The zero-order valence-electron chi connectivity index (χ0n) is 12.3. The Hall–Kier alpha value is -0.0800. The highest BCUT2D eigenvalue weighted by molar-refractivity contribution is 4.90. The molecule has 0 radical (unpaired) electrons. The number of nitrogens with one attached hydrogen (secondary N) is 1. The maximum absolute atomic E-state index is 3.55. The molecular formula is C15H32N2. The van der Waals surface area contributed by atoms with Crippen molar-refractivity contribution in [2.24, 2.45) is 5.92 Å². The third kappa shape index (κ3) is 4.26. The summed E-state index contributed by atoms with van der Waals surface area (Å²) < 4.78 is 0. The molecule has 1 N–H and O–H groups in total. The van der Waals surface area contributed by atoms with Crippen molar-refractivity contribution in [3.05, 3.63) is 0 Å². The minimum atomic E-state index is 0.717. The van der Waals surface area contributed by atoms with Crippen LogP contribution in [-0.4, -0.2) is 37.1 Å². The highest BCUT2D eigenvalue weighted by Crippen LogP contribution is 2.31. The van der Waals surface area contributed by atoms with Gasteiger partial charge in [-0.1, -0.05) is 33.6 Å². The van der Waals surface area contributed by atoms with Crippen LogP contribution in [0.5, 0.6) is 0 Å². The second kappa shape index (κ2) is 8.10. The van der Waals surface area contributed by atoms with Crippen molar-refractivity contribution in [1.82, 2.24) is 10.2 Å². The summed E-state index contributed by atoms with van der Waals surface area (Å²) in [6.07, 6.45) is 8.26. The number of likely N-dealkylation sites (N-methyl/N-ethyl adjacent to an activating group) is 2. The van der Waals surface area contributed by atoms with E-state index >= 15 is 0 Å². The molecule has 0 amide bonds. The zero-order valence-corrected chi connectivity index (χ0v) is 12.3. The molecule has 3 atom stereocenters. The highest BCUT2D eigenvalue weighted by atomic mass is 15.2. The lowest BCUT2D eigenvalue weighted by Gasteiger charge is -2.42. The Morgan fingerprint density at radius 3 is 2.41 bits per heavy atom. The van der Waals surface area contributed by atoms with Crippen molar-refractivity contribution in [1.29, 1.82) is 0 Å². The van der Waals surface area contributed by atoms with Crippen LogP contribution in [0.2, 0.25) is 0 Å². The fourth-order valence-corrected chi connectivity index (χ4v) is 3.49. The topological polar surface area (TPSA) is 15.3 Å². The Morgan fingerprint density at radius 2 is 1.88 bits per heavy atom. The largest absolute Gasteiger partial charge is 0.315 e. The fraction of sp³-hybridized carbons (Fsp3) is 1.00. The van der Waals surface area contributed by atoms with E-state index < -0.39 is 0 Å². The molecular weight excluding hydrogens is 208 g/mol. The van der Waals surface area contributed by atoms with Crippen LogP contribution in [0.4, 0.5) is 0 Å². The first-order valence-electron chi connectivity index (χ1n) is 7.68. The molecule has 0 aromatic rings. The standard InChI is InChI=1S/C15H32N2/c1-5-8-13-9-10-14(16-4)15(12-13)17(7-3)11-6-2/h13-16H,5-12H2,1-4H3. The van der Waals surface area contributed by atoms with Gasteiger partial charge in [0.2, 0.25) is 0 Å². The van der Waals surface area contributed by atoms with Crippen molar-refractivity contribution < 1.29 is 0 Å². The molecule has 0 aromatic heterocycles. The van der Waals surface area contributed by atoms with Gasteiger partial charge in [-0.2, -0.15) is 0 Å². The van der Waals surface area contributed by atoms with Crippen LogP contribution in [0, 0.1) is 5.92 Å². The van der Waals surface area contributed by atoms with Crippen LogP contribution >= 0.6 is 0 Å². The van der Waals surface area contributed by atoms with E-state index in [-0.39, 0.29) is 0 Å². The molecule has 1 saturated carbocycles. The molecule has 17 heavy (non-hydrogen) atoms. The molecule has 2 heteroatoms. The Bertz CT molecular complexity index is 193. The summed E-state index contributed by atoms with van der Waals surface area (Å²) >= 11 is 0. The summed E-state index contributed by atoms with van der Waals surface area (Å²) in [6, 6.07) is 1.49. The third-order valence-corrected chi connectivity index (χ3v) is 4.38. The molecule has 0 heterocycles. The second-order valence-corrected chi connectivity index (χ2v) is 5.56. The van der Waals surface area contributed by atoms with Crippen molar-refractivity contribution >= 4 is 0 Å². The number of hydrogen-bond donors (Lipinski definition) is 1. The minimum Gasteiger partial charge on any atom is -0.315 e. The van der Waals surface area contributed by atoms with Crippen LogP contribution in [0.3, 0.4) is 0 Å². The first-order chi connectivity index (χ1) is 8.26. The summed E-state index contributed by atoms with van der Waals surface area (Å²) in [6.45, 7) is 9.39. The zero-order chi connectivity index (χ0) is 12.7. The van der Waals surface area contributed by atoms with Crippen LogP contribution < -0.4 is 5.32 Å². The molecule has 3 unspecified atom stereocenters. The van der Waals surface area contributed by atoms with Gasteiger partial charge in [-0.15, -0.1) is 0 Å². The molecule has 0 aromatic carbocycles. The summed E-state index contributed by atoms with van der Waals surface area (Å²) in [7, 11) is 2.14. The summed E-state index contributed by atoms with van der Waals surface area (Å²) in [5.41, 5.74) is 0. The molecule has 1 fully saturated rings. The van der Waals surface area contributed by atoms with Gasteiger partial charge in [0, 0.05) is 12.1 Å². The molecule has 1 aliphatic rings. The van der Waals surface area contributed by atoms with Gasteiger partial charge in [-0.3, -0.25) is 4.90 Å². The van der Waals surface area contributed by atoms with Crippen molar-refractivity contribution in [2.75, 3.05) is 20.1 Å².